The minimum Gasteiger partial charge on any atom is -0.444 e. The van der Waals surface area contributed by atoms with Crippen molar-refractivity contribution in [2.24, 2.45) is 0 Å². The number of ether oxygens (including phenoxy) is 3. The van der Waals surface area contributed by atoms with Gasteiger partial charge >= 0.3 is 6.09 Å². The molecule has 3 unspecified atom stereocenters. The highest BCUT2D eigenvalue weighted by atomic mass is 16.6. The quantitative estimate of drug-likeness (QED) is 0.482. The van der Waals surface area contributed by atoms with Gasteiger partial charge in [0.2, 0.25) is 5.91 Å². The summed E-state index contributed by atoms with van der Waals surface area (Å²) >= 11 is 0. The van der Waals surface area contributed by atoms with E-state index in [9.17, 15) is 9.59 Å². The molecule has 1 aliphatic rings. The van der Waals surface area contributed by atoms with Gasteiger partial charge in [-0.15, -0.1) is 6.42 Å². The molecule has 1 N–H and O–H groups in total. The summed E-state index contributed by atoms with van der Waals surface area (Å²) in [6, 6.07) is 9.35. The summed E-state index contributed by atoms with van der Waals surface area (Å²) in [4.78, 5) is 27.3. The number of terminal acetylenes is 1. The minimum absolute atomic E-state index is 0.0344. The van der Waals surface area contributed by atoms with Gasteiger partial charge in [0.1, 0.15) is 18.2 Å². The highest BCUT2D eigenvalue weighted by molar-refractivity contribution is 5.87. The van der Waals surface area contributed by atoms with Crippen molar-refractivity contribution in [3.8, 4) is 12.3 Å². The lowest BCUT2D eigenvalue weighted by atomic mass is 9.82. The number of alkyl carbamates (subject to hydrolysis) is 1. The number of piperidine rings is 1. The Morgan fingerprint density at radius 1 is 1.19 bits per heavy atom. The smallest absolute Gasteiger partial charge is 0.408 e. The standard InChI is InChI=1S/C24H34N2O5/c1-6-13-29-15-16-30-14-12-26-18(2)20(19-10-8-7-9-11-19)17-21(22(26)27)25-23(28)31-24(3,4)5/h1,7-11,18,20-21H,12-17H2,2-5H3,(H,25,28). The highest BCUT2D eigenvalue weighted by Crippen LogP contribution is 2.33. The number of carbonyl (C=O) groups excluding carboxylic acids is 2. The second-order valence-corrected chi connectivity index (χ2v) is 8.59. The Kier molecular flexibility index (Phi) is 9.35. The van der Waals surface area contributed by atoms with E-state index >= 15 is 0 Å². The van der Waals surface area contributed by atoms with E-state index in [1.165, 1.54) is 0 Å². The van der Waals surface area contributed by atoms with Gasteiger partial charge in [-0.05, 0) is 39.7 Å². The third-order valence-corrected chi connectivity index (χ3v) is 5.10. The Hall–Kier alpha value is -2.56. The Morgan fingerprint density at radius 3 is 2.52 bits per heavy atom. The van der Waals surface area contributed by atoms with Crippen LogP contribution in [0.25, 0.3) is 0 Å². The predicted molar refractivity (Wildman–Crippen MR) is 119 cm³/mol. The first-order valence-corrected chi connectivity index (χ1v) is 10.7. The van der Waals surface area contributed by atoms with Crippen molar-refractivity contribution in [2.45, 2.75) is 57.7 Å². The fourth-order valence-corrected chi connectivity index (χ4v) is 3.68. The first kappa shape index (κ1) is 24.7. The molecular weight excluding hydrogens is 396 g/mol. The molecule has 7 nitrogen and oxygen atoms in total. The number of likely N-dealkylation sites (tertiary alicyclic amines) is 1. The average Bonchev–Trinajstić information content (AvgIpc) is 2.71. The highest BCUT2D eigenvalue weighted by Gasteiger charge is 2.41. The zero-order valence-electron chi connectivity index (χ0n) is 18.9. The summed E-state index contributed by atoms with van der Waals surface area (Å²) in [6.07, 6.45) is 5.07. The molecule has 0 bridgehead atoms. The van der Waals surface area contributed by atoms with Crippen LogP contribution in [0, 0.1) is 12.3 Å². The normalized spacial score (nSPS) is 21.5. The maximum absolute atomic E-state index is 13.2. The van der Waals surface area contributed by atoms with Crippen LogP contribution in [-0.4, -0.2) is 67.6 Å². The van der Waals surface area contributed by atoms with E-state index in [0.29, 0.717) is 32.8 Å². The van der Waals surface area contributed by atoms with E-state index in [2.05, 4.69) is 23.4 Å². The number of rotatable bonds is 9. The lowest BCUT2D eigenvalue weighted by molar-refractivity contribution is -0.140. The van der Waals surface area contributed by atoms with Gasteiger partial charge < -0.3 is 24.4 Å². The fraction of sp³-hybridized carbons (Fsp3) is 0.583. The molecule has 1 fully saturated rings. The van der Waals surface area contributed by atoms with Crippen LogP contribution in [-0.2, 0) is 19.0 Å². The number of benzene rings is 1. The molecule has 31 heavy (non-hydrogen) atoms. The molecule has 1 aromatic rings. The summed E-state index contributed by atoms with van der Waals surface area (Å²) in [7, 11) is 0. The van der Waals surface area contributed by atoms with Crippen molar-refractivity contribution in [2.75, 3.05) is 33.0 Å². The van der Waals surface area contributed by atoms with Gasteiger partial charge in [0.25, 0.3) is 0 Å². The van der Waals surface area contributed by atoms with Crippen LogP contribution in [0.4, 0.5) is 4.79 Å². The lowest BCUT2D eigenvalue weighted by Crippen LogP contribution is -2.59. The first-order valence-electron chi connectivity index (χ1n) is 10.7. The lowest BCUT2D eigenvalue weighted by Gasteiger charge is -2.43. The van der Waals surface area contributed by atoms with Crippen molar-refractivity contribution >= 4 is 12.0 Å². The number of hydrogen-bond donors (Lipinski definition) is 1. The Balaban J connectivity index is 2.06. The van der Waals surface area contributed by atoms with Gasteiger partial charge in [-0.2, -0.15) is 0 Å². The summed E-state index contributed by atoms with van der Waals surface area (Å²) in [6.45, 7) is 9.27. The SMILES string of the molecule is C#CCOCCOCCN1C(=O)C(NC(=O)OC(C)(C)C)CC(c2ccccc2)C1C. The Labute approximate surface area is 185 Å². The predicted octanol–water partition coefficient (Wildman–Crippen LogP) is 2.95. The third-order valence-electron chi connectivity index (χ3n) is 5.10. The van der Waals surface area contributed by atoms with E-state index in [4.69, 9.17) is 20.6 Å². The van der Waals surface area contributed by atoms with E-state index < -0.39 is 17.7 Å². The van der Waals surface area contributed by atoms with Crippen LogP contribution < -0.4 is 5.32 Å². The van der Waals surface area contributed by atoms with Crippen LogP contribution in [0.15, 0.2) is 30.3 Å². The molecule has 2 rings (SSSR count). The fourth-order valence-electron chi connectivity index (χ4n) is 3.68. The van der Waals surface area contributed by atoms with Gasteiger partial charge in [0.05, 0.1) is 19.8 Å². The van der Waals surface area contributed by atoms with Gasteiger partial charge in [0, 0.05) is 18.5 Å². The molecule has 170 valence electrons. The molecule has 3 atom stereocenters. The topological polar surface area (TPSA) is 77.1 Å². The van der Waals surface area contributed by atoms with E-state index in [0.717, 1.165) is 5.56 Å². The van der Waals surface area contributed by atoms with Crippen LogP contribution in [0.3, 0.4) is 0 Å². The zero-order chi connectivity index (χ0) is 22.9. The van der Waals surface area contributed by atoms with Crippen molar-refractivity contribution in [3.63, 3.8) is 0 Å². The molecule has 0 aliphatic carbocycles. The molecule has 1 aromatic carbocycles. The molecule has 7 heteroatoms. The molecule has 0 aromatic heterocycles. The zero-order valence-corrected chi connectivity index (χ0v) is 18.9. The second kappa shape index (κ2) is 11.7. The Morgan fingerprint density at radius 2 is 1.87 bits per heavy atom. The van der Waals surface area contributed by atoms with Crippen molar-refractivity contribution in [3.05, 3.63) is 35.9 Å². The maximum Gasteiger partial charge on any atom is 0.408 e. The van der Waals surface area contributed by atoms with Crippen LogP contribution in [0.2, 0.25) is 0 Å². The summed E-state index contributed by atoms with van der Waals surface area (Å²) in [5, 5.41) is 2.77. The average molecular weight is 431 g/mol. The molecule has 1 heterocycles. The summed E-state index contributed by atoms with van der Waals surface area (Å²) in [5.41, 5.74) is 0.496. The number of carbonyl (C=O) groups is 2. The molecule has 0 radical (unpaired) electrons. The van der Waals surface area contributed by atoms with Crippen LogP contribution in [0.5, 0.6) is 0 Å². The van der Waals surface area contributed by atoms with E-state index in [1.54, 1.807) is 25.7 Å². The van der Waals surface area contributed by atoms with Crippen molar-refractivity contribution in [1.29, 1.82) is 0 Å². The van der Waals surface area contributed by atoms with Crippen LogP contribution >= 0.6 is 0 Å². The summed E-state index contributed by atoms with van der Waals surface area (Å²) < 4.78 is 16.2. The number of hydrogen-bond acceptors (Lipinski definition) is 5. The maximum atomic E-state index is 13.2. The van der Waals surface area contributed by atoms with Crippen molar-refractivity contribution in [1.82, 2.24) is 10.2 Å². The molecule has 2 amide bonds. The van der Waals surface area contributed by atoms with Gasteiger partial charge in [-0.25, -0.2) is 4.79 Å². The third kappa shape index (κ3) is 7.89. The number of amides is 2. The minimum atomic E-state index is -0.657. The molecule has 1 aliphatic heterocycles. The van der Waals surface area contributed by atoms with Crippen molar-refractivity contribution < 1.29 is 23.8 Å². The molecule has 0 spiro atoms. The number of nitrogens with one attached hydrogen (secondary N) is 1. The van der Waals surface area contributed by atoms with Gasteiger partial charge in [-0.1, -0.05) is 36.3 Å². The molecule has 0 saturated carbocycles. The van der Waals surface area contributed by atoms with E-state index in [-0.39, 0.29) is 24.5 Å². The largest absolute Gasteiger partial charge is 0.444 e. The molecular formula is C24H34N2O5. The second-order valence-electron chi connectivity index (χ2n) is 8.59. The monoisotopic (exact) mass is 430 g/mol. The van der Waals surface area contributed by atoms with Crippen LogP contribution in [0.1, 0.15) is 45.6 Å². The van der Waals surface area contributed by atoms with Gasteiger partial charge in [-0.3, -0.25) is 4.79 Å². The molecule has 1 saturated heterocycles. The first-order chi connectivity index (χ1) is 14.7. The Bertz CT molecular complexity index is 753. The van der Waals surface area contributed by atoms with Gasteiger partial charge in [0.15, 0.2) is 0 Å². The number of nitrogens with zero attached hydrogens (tertiary/aromatic N) is 1. The van der Waals surface area contributed by atoms with E-state index in [1.807, 2.05) is 25.1 Å². The summed E-state index contributed by atoms with van der Waals surface area (Å²) in [5.74, 6) is 2.36.